The molecule has 0 radical (unpaired) electrons. The van der Waals surface area contributed by atoms with Crippen LogP contribution in [0.3, 0.4) is 0 Å². The first-order chi connectivity index (χ1) is 9.59. The number of nitrogens with zero attached hydrogens (tertiary/aromatic N) is 1. The standard InChI is InChI=1S/C10H13N.C7H6O2/c1-11(2)9-8-10-6-4-3-5-7-10;8-7(9)6-4-2-1-3-5-6/h3-9H,1-2H3;1-5H,(H,8,9). The number of carboxylic acids is 1. The Kier molecular flexibility index (Phi) is 6.62. The van der Waals surface area contributed by atoms with Crippen LogP contribution < -0.4 is 0 Å². The second-order valence-corrected chi connectivity index (χ2v) is 4.36. The van der Waals surface area contributed by atoms with Gasteiger partial charge in [-0.2, -0.15) is 0 Å². The lowest BCUT2D eigenvalue weighted by Crippen LogP contribution is -1.99. The number of benzene rings is 2. The molecule has 0 atom stereocenters. The minimum Gasteiger partial charge on any atom is -0.478 e. The maximum absolute atomic E-state index is 10.2. The maximum Gasteiger partial charge on any atom is 0.335 e. The van der Waals surface area contributed by atoms with Gasteiger partial charge in [0.15, 0.2) is 0 Å². The molecule has 3 heteroatoms. The zero-order valence-electron chi connectivity index (χ0n) is 11.7. The van der Waals surface area contributed by atoms with Crippen LogP contribution in [-0.2, 0) is 0 Å². The van der Waals surface area contributed by atoms with Crippen LogP contribution in [0.2, 0.25) is 0 Å². The second kappa shape index (κ2) is 8.53. The van der Waals surface area contributed by atoms with Crippen LogP contribution in [0.15, 0.2) is 66.9 Å². The summed E-state index contributed by atoms with van der Waals surface area (Å²) in [5.41, 5.74) is 1.57. The number of hydrogen-bond donors (Lipinski definition) is 1. The van der Waals surface area contributed by atoms with Gasteiger partial charge in [-0.05, 0) is 30.0 Å². The molecular formula is C17H19NO2. The summed E-state index contributed by atoms with van der Waals surface area (Å²) in [6, 6.07) is 18.6. The smallest absolute Gasteiger partial charge is 0.335 e. The first-order valence-corrected chi connectivity index (χ1v) is 6.27. The van der Waals surface area contributed by atoms with Crippen molar-refractivity contribution in [3.05, 3.63) is 78.0 Å². The Labute approximate surface area is 119 Å². The Bertz CT molecular complexity index is 533. The van der Waals surface area contributed by atoms with E-state index in [4.69, 9.17) is 5.11 Å². The highest BCUT2D eigenvalue weighted by molar-refractivity contribution is 5.87. The Morgan fingerprint density at radius 3 is 1.85 bits per heavy atom. The van der Waals surface area contributed by atoms with Crippen molar-refractivity contribution in [3.8, 4) is 0 Å². The summed E-state index contributed by atoms with van der Waals surface area (Å²) in [7, 11) is 4.03. The quantitative estimate of drug-likeness (QED) is 0.925. The normalized spacial score (nSPS) is 9.70. The van der Waals surface area contributed by atoms with Crippen LogP contribution in [0.4, 0.5) is 0 Å². The second-order valence-electron chi connectivity index (χ2n) is 4.36. The van der Waals surface area contributed by atoms with Crippen LogP contribution in [0.5, 0.6) is 0 Å². The first kappa shape index (κ1) is 15.5. The minimum absolute atomic E-state index is 0.331. The van der Waals surface area contributed by atoms with Gasteiger partial charge in [-0.1, -0.05) is 48.5 Å². The number of hydrogen-bond acceptors (Lipinski definition) is 2. The van der Waals surface area contributed by atoms with E-state index < -0.39 is 5.97 Å². The molecule has 0 spiro atoms. The van der Waals surface area contributed by atoms with Gasteiger partial charge in [0.25, 0.3) is 0 Å². The molecule has 0 saturated carbocycles. The highest BCUT2D eigenvalue weighted by Gasteiger charge is 1.96. The number of aromatic carboxylic acids is 1. The predicted molar refractivity (Wildman–Crippen MR) is 82.6 cm³/mol. The van der Waals surface area contributed by atoms with Crippen molar-refractivity contribution >= 4 is 12.0 Å². The van der Waals surface area contributed by atoms with Gasteiger partial charge in [-0.25, -0.2) is 4.79 Å². The monoisotopic (exact) mass is 269 g/mol. The van der Waals surface area contributed by atoms with E-state index in [0.29, 0.717) is 5.56 Å². The van der Waals surface area contributed by atoms with Gasteiger partial charge in [0, 0.05) is 14.1 Å². The third-order valence-electron chi connectivity index (χ3n) is 2.39. The molecule has 2 aromatic rings. The van der Waals surface area contributed by atoms with Gasteiger partial charge in [0.2, 0.25) is 0 Å². The van der Waals surface area contributed by atoms with Crippen molar-refractivity contribution in [2.45, 2.75) is 0 Å². The molecule has 1 N–H and O–H groups in total. The first-order valence-electron chi connectivity index (χ1n) is 6.27. The van der Waals surface area contributed by atoms with Crippen molar-refractivity contribution in [2.24, 2.45) is 0 Å². The van der Waals surface area contributed by atoms with Crippen molar-refractivity contribution in [3.63, 3.8) is 0 Å². The van der Waals surface area contributed by atoms with Gasteiger partial charge in [-0.3, -0.25) is 0 Å². The molecule has 2 aromatic carbocycles. The lowest BCUT2D eigenvalue weighted by molar-refractivity contribution is 0.0697. The summed E-state index contributed by atoms with van der Waals surface area (Å²) < 4.78 is 0. The zero-order valence-corrected chi connectivity index (χ0v) is 11.7. The number of carbonyl (C=O) groups is 1. The average Bonchev–Trinajstić information content (AvgIpc) is 2.48. The maximum atomic E-state index is 10.2. The summed E-state index contributed by atoms with van der Waals surface area (Å²) >= 11 is 0. The molecule has 2 rings (SSSR count). The van der Waals surface area contributed by atoms with Crippen molar-refractivity contribution in [1.29, 1.82) is 0 Å². The fourth-order valence-corrected chi connectivity index (χ4v) is 1.38. The molecule has 0 fully saturated rings. The van der Waals surface area contributed by atoms with Crippen molar-refractivity contribution < 1.29 is 9.90 Å². The highest BCUT2D eigenvalue weighted by Crippen LogP contribution is 2.00. The Morgan fingerprint density at radius 1 is 0.950 bits per heavy atom. The lowest BCUT2D eigenvalue weighted by Gasteiger charge is -2.02. The zero-order chi connectivity index (χ0) is 14.8. The summed E-state index contributed by atoms with van der Waals surface area (Å²) in [4.78, 5) is 12.2. The Morgan fingerprint density at radius 2 is 1.45 bits per heavy atom. The third-order valence-corrected chi connectivity index (χ3v) is 2.39. The molecule has 104 valence electrons. The Hall–Kier alpha value is -2.55. The van der Waals surface area contributed by atoms with E-state index in [1.807, 2.05) is 43.4 Å². The summed E-state index contributed by atoms with van der Waals surface area (Å²) in [5, 5.41) is 8.38. The lowest BCUT2D eigenvalue weighted by atomic mass is 10.2. The fraction of sp³-hybridized carbons (Fsp3) is 0.118. The number of carboxylic acid groups (broad SMARTS) is 1. The summed E-state index contributed by atoms with van der Waals surface area (Å²) in [6.45, 7) is 0. The van der Waals surface area contributed by atoms with E-state index in [-0.39, 0.29) is 0 Å². The van der Waals surface area contributed by atoms with Gasteiger partial charge < -0.3 is 10.0 Å². The molecule has 0 amide bonds. The van der Waals surface area contributed by atoms with E-state index >= 15 is 0 Å². The number of rotatable bonds is 3. The fourth-order valence-electron chi connectivity index (χ4n) is 1.38. The SMILES string of the molecule is CN(C)C=Cc1ccccc1.O=C(O)c1ccccc1. The molecule has 0 heterocycles. The van der Waals surface area contributed by atoms with E-state index in [9.17, 15) is 4.79 Å². The summed E-state index contributed by atoms with van der Waals surface area (Å²) in [6.07, 6.45) is 4.12. The van der Waals surface area contributed by atoms with Crippen LogP contribution in [-0.4, -0.2) is 30.1 Å². The van der Waals surface area contributed by atoms with E-state index in [1.54, 1.807) is 30.3 Å². The molecular weight excluding hydrogens is 250 g/mol. The molecule has 0 unspecified atom stereocenters. The molecule has 0 aromatic heterocycles. The van der Waals surface area contributed by atoms with E-state index in [2.05, 4.69) is 18.2 Å². The molecule has 20 heavy (non-hydrogen) atoms. The largest absolute Gasteiger partial charge is 0.478 e. The molecule has 3 nitrogen and oxygen atoms in total. The van der Waals surface area contributed by atoms with E-state index in [0.717, 1.165) is 0 Å². The topological polar surface area (TPSA) is 40.5 Å². The summed E-state index contributed by atoms with van der Waals surface area (Å²) in [5.74, 6) is -0.879. The highest BCUT2D eigenvalue weighted by atomic mass is 16.4. The molecule has 0 aliphatic carbocycles. The Balaban J connectivity index is 0.000000204. The third kappa shape index (κ3) is 6.40. The van der Waals surface area contributed by atoms with E-state index in [1.165, 1.54) is 5.56 Å². The van der Waals surface area contributed by atoms with Gasteiger partial charge in [-0.15, -0.1) is 0 Å². The average molecular weight is 269 g/mol. The van der Waals surface area contributed by atoms with Crippen LogP contribution in [0.25, 0.3) is 6.08 Å². The molecule has 0 bridgehead atoms. The van der Waals surface area contributed by atoms with Crippen molar-refractivity contribution in [2.75, 3.05) is 14.1 Å². The van der Waals surface area contributed by atoms with Gasteiger partial charge >= 0.3 is 5.97 Å². The van der Waals surface area contributed by atoms with Crippen molar-refractivity contribution in [1.82, 2.24) is 4.90 Å². The predicted octanol–water partition coefficient (Wildman–Crippen LogP) is 3.60. The molecule has 0 aliphatic heterocycles. The van der Waals surface area contributed by atoms with Gasteiger partial charge in [0.1, 0.15) is 0 Å². The van der Waals surface area contributed by atoms with Gasteiger partial charge in [0.05, 0.1) is 5.56 Å². The van der Waals surface area contributed by atoms with Crippen LogP contribution in [0, 0.1) is 0 Å². The van der Waals surface area contributed by atoms with Crippen LogP contribution >= 0.6 is 0 Å². The molecule has 0 aliphatic rings. The minimum atomic E-state index is -0.879. The van der Waals surface area contributed by atoms with Crippen LogP contribution in [0.1, 0.15) is 15.9 Å². The molecule has 0 saturated heterocycles.